The number of carbonyl (C=O) groups is 3. The molecule has 0 radical (unpaired) electrons. The highest BCUT2D eigenvalue weighted by Gasteiger charge is 2.41. The predicted octanol–water partition coefficient (Wildman–Crippen LogP) is 11.5. The third-order valence-corrected chi connectivity index (χ3v) is 12.3. The number of halogens is 12. The molecule has 2 heterocycles. The lowest BCUT2D eigenvalue weighted by Crippen LogP contribution is -2.56. The Labute approximate surface area is 454 Å². The van der Waals surface area contributed by atoms with E-state index in [0.29, 0.717) is 76.1 Å². The lowest BCUT2D eigenvalue weighted by atomic mass is 9.73. The van der Waals surface area contributed by atoms with Gasteiger partial charge in [0.25, 0.3) is 0 Å². The summed E-state index contributed by atoms with van der Waals surface area (Å²) in [6, 6.07) is 20.9. The van der Waals surface area contributed by atoms with Crippen LogP contribution in [0, 0.1) is 0 Å². The number of nitrogens with zero attached hydrogens (tertiary/aromatic N) is 2. The quantitative estimate of drug-likeness (QED) is 0.0362. The molecule has 2 aliphatic rings. The molecule has 15 nitrogen and oxygen atoms in total. The molecular formula is C53H66F12N8O7. The van der Waals surface area contributed by atoms with Gasteiger partial charge in [-0.1, -0.05) is 60.7 Å². The van der Waals surface area contributed by atoms with Gasteiger partial charge in [-0.15, -0.1) is 0 Å². The second-order valence-corrected chi connectivity index (χ2v) is 21.0. The average Bonchev–Trinajstić information content (AvgIpc) is 3.36. The van der Waals surface area contributed by atoms with Crippen molar-refractivity contribution in [2.45, 2.75) is 127 Å². The average molecular weight is 1160 g/mol. The number of amides is 4. The first-order chi connectivity index (χ1) is 36.9. The summed E-state index contributed by atoms with van der Waals surface area (Å²) in [5, 5.41) is 3.30. The number of hydrogen-bond acceptors (Lipinski definition) is 11. The van der Waals surface area contributed by atoms with E-state index in [1.165, 1.54) is 0 Å². The van der Waals surface area contributed by atoms with Crippen molar-refractivity contribution in [3.05, 3.63) is 142 Å². The van der Waals surface area contributed by atoms with Crippen LogP contribution in [0.3, 0.4) is 0 Å². The Morgan fingerprint density at radius 3 is 1.16 bits per heavy atom. The molecule has 2 aliphatic heterocycles. The second kappa shape index (κ2) is 27.4. The molecule has 2 saturated heterocycles. The number of nitrogens with one attached hydrogen (secondary N) is 4. The van der Waals surface area contributed by atoms with Crippen LogP contribution in [0.15, 0.2) is 97.1 Å². The molecule has 4 aromatic carbocycles. The monoisotopic (exact) mass is 1150 g/mol. The smallest absolute Gasteiger partial charge is 0.426 e. The molecule has 0 aromatic heterocycles. The molecule has 27 heteroatoms. The van der Waals surface area contributed by atoms with Gasteiger partial charge in [-0.3, -0.25) is 16.7 Å². The molecule has 80 heavy (non-hydrogen) atoms. The van der Waals surface area contributed by atoms with E-state index in [9.17, 15) is 67.1 Å². The maximum Gasteiger partial charge on any atom is 0.426 e. The standard InChI is InChI=1S/C27H32F6N4O4.C21H22F6N2O.C5H12N2O2/c1-24(2,3)41-23(39)35-34-22(38)36-37-11-9-25(10-12-37,19-7-5-4-6-8-19)17-40-16-18-13-20(26(28,29)30)15-21(14-18)27(31,32)33;22-20(23,24)17-10-15(11-18(12-17)21(25,26)27)13-30-14-19(6-8-29(28)9-7-19)16-4-2-1-3-5-16;1-5(2,3)9-4(8)7-6/h4-8,13-15H,9-12,16-17H2,1-3H3,(H,35,39)(H2,34,36,38);1-5,10-12H,6-9,13-14,28H2;6H2,1-3H3,(H,7,8). The van der Waals surface area contributed by atoms with E-state index in [0.717, 1.165) is 11.1 Å². The van der Waals surface area contributed by atoms with E-state index in [-0.39, 0.29) is 43.1 Å². The Bertz CT molecular complexity index is 2550. The highest BCUT2D eigenvalue weighted by atomic mass is 19.4. The molecule has 0 saturated carbocycles. The minimum atomic E-state index is -4.95. The lowest BCUT2D eigenvalue weighted by Gasteiger charge is -2.42. The van der Waals surface area contributed by atoms with Crippen LogP contribution in [0.25, 0.3) is 0 Å². The number of carbonyl (C=O) groups excluding carboxylic acids is 3. The summed E-state index contributed by atoms with van der Waals surface area (Å²) >= 11 is 0. The number of nitrogens with two attached hydrogens (primary N) is 2. The molecule has 8 N–H and O–H groups in total. The fourth-order valence-corrected chi connectivity index (χ4v) is 8.44. The van der Waals surface area contributed by atoms with Crippen LogP contribution < -0.4 is 33.4 Å². The van der Waals surface area contributed by atoms with Gasteiger partial charge in [-0.2, -0.15) is 52.7 Å². The maximum absolute atomic E-state index is 13.2. The number of alkyl halides is 12. The van der Waals surface area contributed by atoms with Crippen molar-refractivity contribution in [1.82, 2.24) is 31.7 Å². The van der Waals surface area contributed by atoms with Crippen LogP contribution in [0.1, 0.15) is 112 Å². The highest BCUT2D eigenvalue weighted by molar-refractivity contribution is 5.77. The minimum absolute atomic E-state index is 0.0227. The first kappa shape index (κ1) is 66.1. The number of hydrogen-bond donors (Lipinski definition) is 6. The van der Waals surface area contributed by atoms with E-state index in [2.05, 4.69) is 16.3 Å². The third kappa shape index (κ3) is 21.6. The van der Waals surface area contributed by atoms with Gasteiger partial charge in [0.2, 0.25) is 0 Å². The predicted molar refractivity (Wildman–Crippen MR) is 269 cm³/mol. The van der Waals surface area contributed by atoms with E-state index in [1.807, 2.05) is 66.1 Å². The molecule has 4 amide bonds. The highest BCUT2D eigenvalue weighted by Crippen LogP contribution is 2.41. The molecule has 0 unspecified atom stereocenters. The van der Waals surface area contributed by atoms with Gasteiger partial charge in [0.15, 0.2) is 0 Å². The summed E-state index contributed by atoms with van der Waals surface area (Å²) in [5.74, 6) is 10.6. The summed E-state index contributed by atoms with van der Waals surface area (Å²) in [5.41, 5.74) is 2.55. The third-order valence-electron chi connectivity index (χ3n) is 12.3. The van der Waals surface area contributed by atoms with Gasteiger partial charge >= 0.3 is 42.9 Å². The Kier molecular flexibility index (Phi) is 22.6. The van der Waals surface area contributed by atoms with Crippen molar-refractivity contribution in [3.8, 4) is 0 Å². The van der Waals surface area contributed by atoms with Gasteiger partial charge in [0, 0.05) is 37.0 Å². The van der Waals surface area contributed by atoms with Crippen LogP contribution in [-0.4, -0.2) is 78.8 Å². The molecule has 0 bridgehead atoms. The molecule has 0 atom stereocenters. The van der Waals surface area contributed by atoms with E-state index < -0.39 is 93.8 Å². The number of hydrazine groups is 4. The molecule has 444 valence electrons. The van der Waals surface area contributed by atoms with Crippen molar-refractivity contribution in [2.75, 3.05) is 39.4 Å². The van der Waals surface area contributed by atoms with Crippen LogP contribution in [0.4, 0.5) is 67.1 Å². The Morgan fingerprint density at radius 2 is 0.850 bits per heavy atom. The first-order valence-electron chi connectivity index (χ1n) is 24.8. The van der Waals surface area contributed by atoms with Crippen molar-refractivity contribution in [2.24, 2.45) is 11.7 Å². The van der Waals surface area contributed by atoms with E-state index in [1.54, 1.807) is 51.6 Å². The molecule has 4 aromatic rings. The molecular weight excluding hydrogens is 1090 g/mol. The number of ether oxygens (including phenoxy) is 4. The van der Waals surface area contributed by atoms with Crippen LogP contribution in [0.2, 0.25) is 0 Å². The summed E-state index contributed by atoms with van der Waals surface area (Å²) in [6.07, 6.45) is -18.9. The molecule has 2 fully saturated rings. The lowest BCUT2D eigenvalue weighted by molar-refractivity contribution is -0.144. The van der Waals surface area contributed by atoms with Crippen LogP contribution in [-0.2, 0) is 67.7 Å². The van der Waals surface area contributed by atoms with Gasteiger partial charge in [-0.25, -0.2) is 41.1 Å². The van der Waals surface area contributed by atoms with Gasteiger partial charge in [0.05, 0.1) is 48.7 Å². The fraction of sp³-hybridized carbons (Fsp3) is 0.491. The van der Waals surface area contributed by atoms with Crippen molar-refractivity contribution in [3.63, 3.8) is 0 Å². The van der Waals surface area contributed by atoms with Crippen molar-refractivity contribution < 1.29 is 86.0 Å². The SMILES string of the molecule is CC(C)(C)OC(=O)NN.CC(C)(C)OC(=O)NNC(=O)NN1CCC(COCc2cc(C(F)(F)F)cc(C(F)(F)F)c2)(c2ccccc2)CC1.NN1CCC(COCc2cc(C(F)(F)F)cc(C(F)(F)F)c2)(c2ccccc2)CC1. The minimum Gasteiger partial charge on any atom is -0.443 e. The summed E-state index contributed by atoms with van der Waals surface area (Å²) in [6.45, 7) is 11.6. The molecule has 6 rings (SSSR count). The van der Waals surface area contributed by atoms with E-state index in [4.69, 9.17) is 30.6 Å². The molecule has 0 spiro atoms. The van der Waals surface area contributed by atoms with Crippen LogP contribution >= 0.6 is 0 Å². The summed E-state index contributed by atoms with van der Waals surface area (Å²) < 4.78 is 179. The zero-order valence-corrected chi connectivity index (χ0v) is 44.7. The normalized spacial score (nSPS) is 16.1. The van der Waals surface area contributed by atoms with Crippen LogP contribution in [0.5, 0.6) is 0 Å². The number of rotatable bonds is 11. The molecule has 0 aliphatic carbocycles. The Hall–Kier alpha value is -6.39. The van der Waals surface area contributed by atoms with E-state index >= 15 is 0 Å². The Morgan fingerprint density at radius 1 is 0.512 bits per heavy atom. The van der Waals surface area contributed by atoms with Gasteiger partial charge in [0.1, 0.15) is 11.2 Å². The summed E-state index contributed by atoms with van der Waals surface area (Å²) in [7, 11) is 0. The zero-order chi connectivity index (χ0) is 60.0. The van der Waals surface area contributed by atoms with Crippen molar-refractivity contribution >= 4 is 18.2 Å². The fourth-order valence-electron chi connectivity index (χ4n) is 8.44. The van der Waals surface area contributed by atoms with Gasteiger partial charge in [-0.05, 0) is 126 Å². The topological polar surface area (TPSA) is 195 Å². The van der Waals surface area contributed by atoms with Gasteiger partial charge < -0.3 is 18.9 Å². The Balaban J connectivity index is 0.000000308. The number of urea groups is 1. The van der Waals surface area contributed by atoms with Crippen molar-refractivity contribution in [1.29, 1.82) is 0 Å². The maximum atomic E-state index is 13.2. The second-order valence-electron chi connectivity index (χ2n) is 21.0. The first-order valence-corrected chi connectivity index (χ1v) is 24.8. The number of benzene rings is 4. The number of piperidine rings is 2. The summed E-state index contributed by atoms with van der Waals surface area (Å²) in [4.78, 5) is 34.3. The zero-order valence-electron chi connectivity index (χ0n) is 44.7. The largest absolute Gasteiger partial charge is 0.443 e.